The van der Waals surface area contributed by atoms with Crippen LogP contribution in [0.25, 0.3) is 11.1 Å². The van der Waals surface area contributed by atoms with E-state index in [1.807, 2.05) is 0 Å². The average molecular weight is 608 g/mol. The number of carbonyl (C=O) groups excluding carboxylic acids is 3. The molecule has 13 heteroatoms. The number of carbonyl (C=O) groups is 4. The minimum absolute atomic E-state index is 0.00990. The minimum Gasteiger partial charge on any atom is -0.480 e. The summed E-state index contributed by atoms with van der Waals surface area (Å²) in [6.45, 7) is 5.38. The third-order valence-electron chi connectivity index (χ3n) is 6.43. The molecule has 2 atom stereocenters. The highest BCUT2D eigenvalue weighted by molar-refractivity contribution is 5.89. The topological polar surface area (TPSA) is 134 Å². The molecule has 0 aromatic heterocycles. The van der Waals surface area contributed by atoms with Crippen molar-refractivity contribution >= 4 is 23.9 Å². The van der Waals surface area contributed by atoms with E-state index in [-0.39, 0.29) is 19.3 Å². The largest absolute Gasteiger partial charge is 0.480 e. The third-order valence-corrected chi connectivity index (χ3v) is 6.43. The van der Waals surface area contributed by atoms with E-state index in [1.165, 1.54) is 11.0 Å². The first-order valence-electron chi connectivity index (χ1n) is 13.8. The Hall–Kier alpha value is -4.13. The summed E-state index contributed by atoms with van der Waals surface area (Å²) in [5.41, 5.74) is -0.0280. The monoisotopic (exact) mass is 607 g/mol. The molecule has 2 aromatic carbocycles. The Morgan fingerprint density at radius 3 is 2.40 bits per heavy atom. The van der Waals surface area contributed by atoms with Gasteiger partial charge in [0.2, 0.25) is 11.8 Å². The standard InChI is InChI=1S/C30H36F3N3O7/c1-29(2,3)43-28(41)36-14-5-15-42-25(36)13-12-24(37)35-23(27(40)34-18-26(38)39)16-19-8-10-20(11-9-19)21-6-4-7-22(17-21)30(31,32)33/h4,6-11,17,23,25H,5,12-16,18H2,1-3H3,(H,34,40)(H,35,37)(H,38,39)/t23-,25?/m0/s1. The highest BCUT2D eigenvalue weighted by Crippen LogP contribution is 2.32. The highest BCUT2D eigenvalue weighted by Gasteiger charge is 2.32. The number of halogens is 3. The predicted octanol–water partition coefficient (Wildman–Crippen LogP) is 4.36. The number of alkyl halides is 3. The van der Waals surface area contributed by atoms with Crippen molar-refractivity contribution in [2.24, 2.45) is 0 Å². The summed E-state index contributed by atoms with van der Waals surface area (Å²) in [6.07, 6.45) is -5.10. The molecule has 1 aliphatic rings. The van der Waals surface area contributed by atoms with Crippen molar-refractivity contribution in [3.05, 3.63) is 59.7 Å². The Kier molecular flexibility index (Phi) is 11.1. The van der Waals surface area contributed by atoms with Crippen LogP contribution in [0.3, 0.4) is 0 Å². The van der Waals surface area contributed by atoms with Gasteiger partial charge in [0.05, 0.1) is 12.2 Å². The van der Waals surface area contributed by atoms with E-state index in [9.17, 15) is 32.3 Å². The van der Waals surface area contributed by atoms with Crippen LogP contribution in [-0.4, -0.2) is 71.5 Å². The number of ether oxygens (including phenoxy) is 2. The second-order valence-corrected chi connectivity index (χ2v) is 11.1. The zero-order chi connectivity index (χ0) is 31.8. The van der Waals surface area contributed by atoms with Crippen LogP contribution < -0.4 is 10.6 Å². The maximum atomic E-state index is 13.1. The SMILES string of the molecule is CC(C)(C)OC(=O)N1CCCOC1CCC(=O)N[C@@H](Cc1ccc(-c2cccc(C(F)(F)F)c2)cc1)C(=O)NCC(=O)O. The number of carboxylic acids is 1. The van der Waals surface area contributed by atoms with Gasteiger partial charge in [0.1, 0.15) is 24.4 Å². The van der Waals surface area contributed by atoms with Crippen molar-refractivity contribution in [2.45, 2.75) is 70.5 Å². The van der Waals surface area contributed by atoms with Gasteiger partial charge >= 0.3 is 18.2 Å². The van der Waals surface area contributed by atoms with Crippen molar-refractivity contribution in [3.8, 4) is 11.1 Å². The summed E-state index contributed by atoms with van der Waals surface area (Å²) in [5.74, 6) is -2.50. The van der Waals surface area contributed by atoms with Crippen LogP contribution in [0.5, 0.6) is 0 Å². The fourth-order valence-electron chi connectivity index (χ4n) is 4.42. The summed E-state index contributed by atoms with van der Waals surface area (Å²) >= 11 is 0. The van der Waals surface area contributed by atoms with Gasteiger partial charge in [-0.25, -0.2) is 4.79 Å². The number of amides is 3. The lowest BCUT2D eigenvalue weighted by Gasteiger charge is -2.36. The molecule has 1 fully saturated rings. The van der Waals surface area contributed by atoms with Crippen molar-refractivity contribution in [3.63, 3.8) is 0 Å². The molecule has 1 saturated heterocycles. The average Bonchev–Trinajstić information content (AvgIpc) is 2.93. The second-order valence-electron chi connectivity index (χ2n) is 11.1. The lowest BCUT2D eigenvalue weighted by Crippen LogP contribution is -2.50. The van der Waals surface area contributed by atoms with Gasteiger partial charge < -0.3 is 25.2 Å². The third kappa shape index (κ3) is 10.6. The normalized spacial score (nSPS) is 16.2. The van der Waals surface area contributed by atoms with Gasteiger partial charge in [0, 0.05) is 25.8 Å². The highest BCUT2D eigenvalue weighted by atomic mass is 19.4. The number of hydrogen-bond acceptors (Lipinski definition) is 6. The van der Waals surface area contributed by atoms with Crippen LogP contribution in [0.15, 0.2) is 48.5 Å². The number of nitrogens with zero attached hydrogens (tertiary/aromatic N) is 1. The fraction of sp³-hybridized carbons (Fsp3) is 0.467. The first-order chi connectivity index (χ1) is 20.1. The van der Waals surface area contributed by atoms with Crippen molar-refractivity contribution in [2.75, 3.05) is 19.7 Å². The lowest BCUT2D eigenvalue weighted by molar-refractivity contribution is -0.138. The van der Waals surface area contributed by atoms with Crippen LogP contribution >= 0.6 is 0 Å². The molecule has 43 heavy (non-hydrogen) atoms. The van der Waals surface area contributed by atoms with Crippen LogP contribution in [0.1, 0.15) is 51.2 Å². The lowest BCUT2D eigenvalue weighted by atomic mass is 9.99. The van der Waals surface area contributed by atoms with E-state index in [1.54, 1.807) is 51.1 Å². The van der Waals surface area contributed by atoms with Crippen LogP contribution in [0.4, 0.5) is 18.0 Å². The van der Waals surface area contributed by atoms with Gasteiger partial charge in [-0.3, -0.25) is 19.3 Å². The molecular formula is C30H36F3N3O7. The Morgan fingerprint density at radius 1 is 1.07 bits per heavy atom. The molecule has 0 spiro atoms. The number of nitrogens with one attached hydrogen (secondary N) is 2. The molecule has 234 valence electrons. The summed E-state index contributed by atoms with van der Waals surface area (Å²) in [5, 5.41) is 13.8. The molecular weight excluding hydrogens is 571 g/mol. The molecule has 3 N–H and O–H groups in total. The minimum atomic E-state index is -4.48. The van der Waals surface area contributed by atoms with Crippen LogP contribution in [0.2, 0.25) is 0 Å². The van der Waals surface area contributed by atoms with Crippen LogP contribution in [0, 0.1) is 0 Å². The molecule has 0 bridgehead atoms. The summed E-state index contributed by atoms with van der Waals surface area (Å²) < 4.78 is 50.5. The molecule has 0 aliphatic carbocycles. The van der Waals surface area contributed by atoms with Crippen molar-refractivity contribution < 1.29 is 46.9 Å². The molecule has 3 rings (SSSR count). The van der Waals surface area contributed by atoms with E-state index in [0.717, 1.165) is 12.1 Å². The Bertz CT molecular complexity index is 1290. The van der Waals surface area contributed by atoms with Gasteiger partial charge in [-0.1, -0.05) is 36.4 Å². The maximum Gasteiger partial charge on any atom is 0.416 e. The smallest absolute Gasteiger partial charge is 0.416 e. The van der Waals surface area contributed by atoms with E-state index >= 15 is 0 Å². The van der Waals surface area contributed by atoms with Gasteiger partial charge in [-0.2, -0.15) is 13.2 Å². The van der Waals surface area contributed by atoms with Gasteiger partial charge in [0.25, 0.3) is 0 Å². The molecule has 3 amide bonds. The number of carboxylic acid groups (broad SMARTS) is 1. The zero-order valence-corrected chi connectivity index (χ0v) is 24.2. The van der Waals surface area contributed by atoms with E-state index < -0.39 is 60.0 Å². The number of rotatable bonds is 10. The van der Waals surface area contributed by atoms with Gasteiger partial charge in [0.15, 0.2) is 0 Å². The van der Waals surface area contributed by atoms with Gasteiger partial charge in [-0.15, -0.1) is 0 Å². The fourth-order valence-corrected chi connectivity index (χ4v) is 4.42. The van der Waals surface area contributed by atoms with E-state index in [0.29, 0.717) is 36.3 Å². The second kappa shape index (κ2) is 14.4. The molecule has 0 radical (unpaired) electrons. The molecule has 2 aromatic rings. The van der Waals surface area contributed by atoms with Crippen molar-refractivity contribution in [1.29, 1.82) is 0 Å². The van der Waals surface area contributed by atoms with E-state index in [4.69, 9.17) is 14.6 Å². The van der Waals surface area contributed by atoms with Gasteiger partial charge in [-0.05, 0) is 56.0 Å². The Labute approximate surface area is 247 Å². The Balaban J connectivity index is 1.68. The molecule has 1 aliphatic heterocycles. The summed E-state index contributed by atoms with van der Waals surface area (Å²) in [6, 6.07) is 10.2. The predicted molar refractivity (Wildman–Crippen MR) is 150 cm³/mol. The van der Waals surface area contributed by atoms with E-state index in [2.05, 4.69) is 10.6 Å². The quantitative estimate of drug-likeness (QED) is 0.365. The first kappa shape index (κ1) is 33.4. The zero-order valence-electron chi connectivity index (χ0n) is 24.2. The summed E-state index contributed by atoms with van der Waals surface area (Å²) in [7, 11) is 0. The Morgan fingerprint density at radius 2 is 1.77 bits per heavy atom. The van der Waals surface area contributed by atoms with Crippen molar-refractivity contribution in [1.82, 2.24) is 15.5 Å². The van der Waals surface area contributed by atoms with Crippen LogP contribution in [-0.2, 0) is 36.5 Å². The number of hydrogen-bond donors (Lipinski definition) is 3. The number of aliphatic carboxylic acids is 1. The molecule has 0 saturated carbocycles. The number of benzene rings is 2. The molecule has 1 unspecified atom stereocenters. The maximum absolute atomic E-state index is 13.1. The molecule has 1 heterocycles. The molecule has 10 nitrogen and oxygen atoms in total. The summed E-state index contributed by atoms with van der Waals surface area (Å²) in [4.78, 5) is 50.7. The first-order valence-corrected chi connectivity index (χ1v) is 13.8.